The number of rotatable bonds is 3. The lowest BCUT2D eigenvalue weighted by Gasteiger charge is -2.35. The summed E-state index contributed by atoms with van der Waals surface area (Å²) in [6.07, 6.45) is 7.98. The number of dihydropyridines is 1. The molecule has 2 rings (SSSR count). The molecule has 0 saturated carbocycles. The third-order valence-corrected chi connectivity index (χ3v) is 2.65. The summed E-state index contributed by atoms with van der Waals surface area (Å²) in [5.41, 5.74) is -0.342. The van der Waals surface area contributed by atoms with Crippen LogP contribution in [0.1, 0.15) is 5.56 Å². The lowest BCUT2D eigenvalue weighted by Crippen LogP contribution is -2.46. The first-order valence-corrected chi connectivity index (χ1v) is 5.04. The molecule has 0 bridgehead atoms. The van der Waals surface area contributed by atoms with Crippen LogP contribution in [-0.2, 0) is 15.3 Å². The van der Waals surface area contributed by atoms with Crippen molar-refractivity contribution in [3.8, 4) is 0 Å². The molecule has 0 saturated heterocycles. The zero-order valence-electron chi connectivity index (χ0n) is 9.25. The molecule has 2 heterocycles. The van der Waals surface area contributed by atoms with Crippen molar-refractivity contribution in [3.63, 3.8) is 0 Å². The quantitative estimate of drug-likeness (QED) is 0.813. The highest BCUT2D eigenvalue weighted by Gasteiger charge is 2.40. The summed E-state index contributed by atoms with van der Waals surface area (Å²) < 4.78 is 5.40. The number of nitrogens with zero attached hydrogens (tertiary/aromatic N) is 1. The minimum atomic E-state index is -1.16. The second-order valence-electron chi connectivity index (χ2n) is 3.51. The molecule has 0 fully saturated rings. The van der Waals surface area contributed by atoms with E-state index in [0.717, 1.165) is 0 Å². The molecule has 0 amide bonds. The first-order chi connectivity index (χ1) is 8.20. The number of aliphatic carboxylic acids is 1. The summed E-state index contributed by atoms with van der Waals surface area (Å²) in [5.74, 6) is -1.03. The maximum Gasteiger partial charge on any atom is 0.336 e. The topological polar surface area (TPSA) is 71.5 Å². The van der Waals surface area contributed by atoms with Gasteiger partial charge in [0, 0.05) is 25.1 Å². The molecule has 88 valence electrons. The van der Waals surface area contributed by atoms with Crippen molar-refractivity contribution in [3.05, 3.63) is 54.0 Å². The summed E-state index contributed by atoms with van der Waals surface area (Å²) in [4.78, 5) is 15.2. The van der Waals surface area contributed by atoms with E-state index in [4.69, 9.17) is 4.74 Å². The maximum absolute atomic E-state index is 11.3. The monoisotopic (exact) mass is 232 g/mol. The Kier molecular flexibility index (Phi) is 2.93. The molecule has 5 nitrogen and oxygen atoms in total. The number of carbonyl (C=O) groups is 1. The SMILES string of the molecule is COC1(c2ccncc2)NC=CC=C1C(=O)O. The minimum absolute atomic E-state index is 0.133. The van der Waals surface area contributed by atoms with Gasteiger partial charge in [-0.3, -0.25) is 4.98 Å². The number of allylic oxidation sites excluding steroid dienone is 2. The van der Waals surface area contributed by atoms with Crippen molar-refractivity contribution in [1.82, 2.24) is 10.3 Å². The third-order valence-electron chi connectivity index (χ3n) is 2.65. The van der Waals surface area contributed by atoms with Crippen LogP contribution in [0, 0.1) is 0 Å². The molecule has 0 aliphatic carbocycles. The molecular weight excluding hydrogens is 220 g/mol. The standard InChI is InChI=1S/C12H12N2O3/c1-17-12(9-4-7-13-8-5-9)10(11(15)16)3-2-6-14-12/h2-8,14H,1H3,(H,15,16). The van der Waals surface area contributed by atoms with Crippen LogP contribution >= 0.6 is 0 Å². The number of pyridine rings is 1. The number of aromatic nitrogens is 1. The van der Waals surface area contributed by atoms with E-state index in [9.17, 15) is 9.90 Å². The predicted molar refractivity (Wildman–Crippen MR) is 60.9 cm³/mol. The van der Waals surface area contributed by atoms with E-state index in [-0.39, 0.29) is 5.57 Å². The molecule has 1 aliphatic rings. The second-order valence-corrected chi connectivity index (χ2v) is 3.51. The summed E-state index contributed by atoms with van der Waals surface area (Å²) in [6, 6.07) is 3.43. The van der Waals surface area contributed by atoms with Gasteiger partial charge in [0.1, 0.15) is 0 Å². The lowest BCUT2D eigenvalue weighted by atomic mass is 9.92. The van der Waals surface area contributed by atoms with E-state index >= 15 is 0 Å². The fraction of sp³-hybridized carbons (Fsp3) is 0.167. The molecule has 1 atom stereocenters. The van der Waals surface area contributed by atoms with Gasteiger partial charge in [0.25, 0.3) is 0 Å². The van der Waals surface area contributed by atoms with Gasteiger partial charge >= 0.3 is 5.97 Å². The molecule has 0 radical (unpaired) electrons. The van der Waals surface area contributed by atoms with Crippen LogP contribution < -0.4 is 5.32 Å². The Morgan fingerprint density at radius 1 is 1.47 bits per heavy atom. The van der Waals surface area contributed by atoms with E-state index in [1.54, 1.807) is 36.8 Å². The van der Waals surface area contributed by atoms with Crippen molar-refractivity contribution in [1.29, 1.82) is 0 Å². The van der Waals surface area contributed by atoms with Gasteiger partial charge in [-0.05, 0) is 30.5 Å². The largest absolute Gasteiger partial charge is 0.478 e. The molecule has 1 aliphatic heterocycles. The van der Waals surface area contributed by atoms with Gasteiger partial charge in [0.05, 0.1) is 5.57 Å². The fourth-order valence-corrected chi connectivity index (χ4v) is 1.84. The summed E-state index contributed by atoms with van der Waals surface area (Å²) in [7, 11) is 1.46. The van der Waals surface area contributed by atoms with Crippen molar-refractivity contribution in [2.45, 2.75) is 5.72 Å². The average Bonchev–Trinajstić information content (AvgIpc) is 2.39. The molecule has 1 aromatic heterocycles. The van der Waals surface area contributed by atoms with Crippen LogP contribution in [0.3, 0.4) is 0 Å². The number of carboxylic acid groups (broad SMARTS) is 1. The van der Waals surface area contributed by atoms with Crippen molar-refractivity contribution >= 4 is 5.97 Å². The van der Waals surface area contributed by atoms with Gasteiger partial charge in [-0.15, -0.1) is 0 Å². The zero-order valence-corrected chi connectivity index (χ0v) is 9.25. The molecule has 0 aromatic carbocycles. The Balaban J connectivity index is 2.55. The van der Waals surface area contributed by atoms with Crippen LogP contribution in [0.15, 0.2) is 48.5 Å². The molecule has 1 aromatic rings. The van der Waals surface area contributed by atoms with Gasteiger partial charge < -0.3 is 15.2 Å². The van der Waals surface area contributed by atoms with E-state index in [1.165, 1.54) is 13.2 Å². The van der Waals surface area contributed by atoms with Gasteiger partial charge in [-0.1, -0.05) is 0 Å². The van der Waals surface area contributed by atoms with Crippen LogP contribution in [0.25, 0.3) is 0 Å². The Bertz CT molecular complexity index is 482. The van der Waals surface area contributed by atoms with E-state index in [1.807, 2.05) is 0 Å². The fourth-order valence-electron chi connectivity index (χ4n) is 1.84. The molecule has 17 heavy (non-hydrogen) atoms. The molecule has 1 unspecified atom stereocenters. The van der Waals surface area contributed by atoms with E-state index in [2.05, 4.69) is 10.3 Å². The average molecular weight is 232 g/mol. The van der Waals surface area contributed by atoms with E-state index in [0.29, 0.717) is 5.56 Å². The van der Waals surface area contributed by atoms with Crippen molar-refractivity contribution in [2.75, 3.05) is 7.11 Å². The Morgan fingerprint density at radius 3 is 2.76 bits per heavy atom. The second kappa shape index (κ2) is 4.39. The van der Waals surface area contributed by atoms with Crippen molar-refractivity contribution < 1.29 is 14.6 Å². The lowest BCUT2D eigenvalue weighted by molar-refractivity contribution is -0.137. The molecule has 0 spiro atoms. The first kappa shape index (κ1) is 11.3. The number of carboxylic acids is 1. The molecule has 2 N–H and O–H groups in total. The Morgan fingerprint density at radius 2 is 2.18 bits per heavy atom. The number of methoxy groups -OCH3 is 1. The van der Waals surface area contributed by atoms with Crippen LogP contribution in [0.5, 0.6) is 0 Å². The highest BCUT2D eigenvalue weighted by molar-refractivity contribution is 5.90. The van der Waals surface area contributed by atoms with E-state index < -0.39 is 11.7 Å². The molecule has 5 heteroatoms. The molecular formula is C12H12N2O3. The summed E-state index contributed by atoms with van der Waals surface area (Å²) >= 11 is 0. The smallest absolute Gasteiger partial charge is 0.336 e. The van der Waals surface area contributed by atoms with Crippen LogP contribution in [-0.4, -0.2) is 23.2 Å². The number of nitrogens with one attached hydrogen (secondary N) is 1. The third kappa shape index (κ3) is 1.81. The summed E-state index contributed by atoms with van der Waals surface area (Å²) in [6.45, 7) is 0. The van der Waals surface area contributed by atoms with Crippen LogP contribution in [0.4, 0.5) is 0 Å². The highest BCUT2D eigenvalue weighted by atomic mass is 16.5. The number of hydrogen-bond donors (Lipinski definition) is 2. The predicted octanol–water partition coefficient (Wildman–Crippen LogP) is 1.01. The highest BCUT2D eigenvalue weighted by Crippen LogP contribution is 2.32. The first-order valence-electron chi connectivity index (χ1n) is 5.04. The Hall–Kier alpha value is -2.14. The maximum atomic E-state index is 11.3. The number of ether oxygens (including phenoxy) is 1. The number of hydrogen-bond acceptors (Lipinski definition) is 4. The van der Waals surface area contributed by atoms with Gasteiger partial charge in [0.2, 0.25) is 0 Å². The van der Waals surface area contributed by atoms with Gasteiger partial charge in [0.15, 0.2) is 5.72 Å². The Labute approximate surface area is 98.4 Å². The van der Waals surface area contributed by atoms with Crippen LogP contribution in [0.2, 0.25) is 0 Å². The normalized spacial score (nSPS) is 22.8. The zero-order chi connectivity index (χ0) is 12.3. The minimum Gasteiger partial charge on any atom is -0.478 e. The van der Waals surface area contributed by atoms with Gasteiger partial charge in [-0.2, -0.15) is 0 Å². The van der Waals surface area contributed by atoms with Gasteiger partial charge in [-0.25, -0.2) is 4.79 Å². The van der Waals surface area contributed by atoms with Crippen molar-refractivity contribution in [2.24, 2.45) is 0 Å². The summed E-state index contributed by atoms with van der Waals surface area (Å²) in [5, 5.41) is 12.2.